The highest BCUT2D eigenvalue weighted by Gasteiger charge is 2.09. The van der Waals surface area contributed by atoms with E-state index < -0.39 is 0 Å². The largest absolute Gasteiger partial charge is 0.377 e. The van der Waals surface area contributed by atoms with Gasteiger partial charge >= 0.3 is 0 Å². The molecule has 3 aromatic rings. The summed E-state index contributed by atoms with van der Waals surface area (Å²) < 4.78 is 1.89. The van der Waals surface area contributed by atoms with Crippen molar-refractivity contribution in [3.63, 3.8) is 0 Å². The fraction of sp³-hybridized carbons (Fsp3) is 0.200. The smallest absolute Gasteiger partial charge is 0.123 e. The van der Waals surface area contributed by atoms with Crippen molar-refractivity contribution in [2.75, 3.05) is 5.32 Å². The molecule has 20 heavy (non-hydrogen) atoms. The van der Waals surface area contributed by atoms with E-state index in [9.17, 15) is 0 Å². The first-order chi connectivity index (χ1) is 9.74. The van der Waals surface area contributed by atoms with Gasteiger partial charge in [0.05, 0.1) is 11.7 Å². The highest BCUT2D eigenvalue weighted by Crippen LogP contribution is 2.26. The van der Waals surface area contributed by atoms with Gasteiger partial charge in [-0.1, -0.05) is 12.1 Å². The second-order valence-electron chi connectivity index (χ2n) is 4.66. The van der Waals surface area contributed by atoms with Gasteiger partial charge in [-0.05, 0) is 25.1 Å². The van der Waals surface area contributed by atoms with Crippen molar-refractivity contribution in [1.82, 2.24) is 14.8 Å². The summed E-state index contributed by atoms with van der Waals surface area (Å²) in [5.74, 6) is 0. The number of aryl methyl sites for hydroxylation is 1. The first-order valence-electron chi connectivity index (χ1n) is 6.48. The Balaban J connectivity index is 1.81. The van der Waals surface area contributed by atoms with Gasteiger partial charge in [-0.2, -0.15) is 5.10 Å². The number of anilines is 1. The second kappa shape index (κ2) is 5.46. The van der Waals surface area contributed by atoms with E-state index in [1.54, 1.807) is 11.3 Å². The van der Waals surface area contributed by atoms with Crippen LogP contribution in [0.1, 0.15) is 18.7 Å². The highest BCUT2D eigenvalue weighted by atomic mass is 32.1. The van der Waals surface area contributed by atoms with E-state index in [0.717, 1.165) is 22.0 Å². The van der Waals surface area contributed by atoms with Gasteiger partial charge in [0.2, 0.25) is 0 Å². The number of nitrogens with zero attached hydrogens (tertiary/aromatic N) is 3. The molecule has 0 saturated heterocycles. The van der Waals surface area contributed by atoms with E-state index in [4.69, 9.17) is 0 Å². The van der Waals surface area contributed by atoms with E-state index in [2.05, 4.69) is 46.6 Å². The van der Waals surface area contributed by atoms with Crippen LogP contribution in [0.5, 0.6) is 0 Å². The third kappa shape index (κ3) is 2.58. The number of hydrogen-bond donors (Lipinski definition) is 1. The van der Waals surface area contributed by atoms with Crippen LogP contribution in [-0.2, 0) is 7.05 Å². The SMILES string of the molecule is CC(Nc1cccc(-c2nccs2)c1)c1ccnn1C. The fourth-order valence-electron chi connectivity index (χ4n) is 2.24. The molecule has 0 aliphatic heterocycles. The van der Waals surface area contributed by atoms with Crippen LogP contribution in [0, 0.1) is 0 Å². The van der Waals surface area contributed by atoms with Gasteiger partial charge in [-0.3, -0.25) is 4.68 Å². The molecular formula is C15H16N4S. The minimum absolute atomic E-state index is 0.203. The zero-order valence-electron chi connectivity index (χ0n) is 11.4. The fourth-order valence-corrected chi connectivity index (χ4v) is 2.88. The predicted molar refractivity (Wildman–Crippen MR) is 82.8 cm³/mol. The van der Waals surface area contributed by atoms with Crippen LogP contribution in [-0.4, -0.2) is 14.8 Å². The molecule has 3 rings (SSSR count). The van der Waals surface area contributed by atoms with Crippen molar-refractivity contribution >= 4 is 17.0 Å². The third-order valence-corrected chi connectivity index (χ3v) is 4.05. The molecule has 0 fully saturated rings. The van der Waals surface area contributed by atoms with Crippen LogP contribution in [0.2, 0.25) is 0 Å². The van der Waals surface area contributed by atoms with Crippen molar-refractivity contribution in [2.45, 2.75) is 13.0 Å². The summed E-state index contributed by atoms with van der Waals surface area (Å²) >= 11 is 1.65. The van der Waals surface area contributed by atoms with Crippen LogP contribution < -0.4 is 5.32 Å². The zero-order valence-corrected chi connectivity index (χ0v) is 12.3. The van der Waals surface area contributed by atoms with Crippen molar-refractivity contribution in [2.24, 2.45) is 7.05 Å². The molecule has 0 aliphatic rings. The molecule has 2 heterocycles. The zero-order chi connectivity index (χ0) is 13.9. The van der Waals surface area contributed by atoms with Crippen LogP contribution in [0.15, 0.2) is 48.1 Å². The van der Waals surface area contributed by atoms with Gasteiger partial charge in [-0.25, -0.2) is 4.98 Å². The summed E-state index contributed by atoms with van der Waals surface area (Å²) in [6.07, 6.45) is 3.65. The molecule has 0 amide bonds. The van der Waals surface area contributed by atoms with E-state index in [-0.39, 0.29) is 6.04 Å². The molecule has 0 aliphatic carbocycles. The van der Waals surface area contributed by atoms with Crippen molar-refractivity contribution < 1.29 is 0 Å². The Labute approximate surface area is 122 Å². The number of thiazole rings is 1. The van der Waals surface area contributed by atoms with Gasteiger partial charge in [0.1, 0.15) is 5.01 Å². The average Bonchev–Trinajstić information content (AvgIpc) is 3.09. The molecule has 4 nitrogen and oxygen atoms in total. The van der Waals surface area contributed by atoms with Gasteiger partial charge in [0.25, 0.3) is 0 Å². The first kappa shape index (κ1) is 12.9. The van der Waals surface area contributed by atoms with E-state index in [1.165, 1.54) is 0 Å². The third-order valence-electron chi connectivity index (χ3n) is 3.23. The number of benzene rings is 1. The molecule has 2 aromatic heterocycles. The molecule has 1 atom stereocenters. The van der Waals surface area contributed by atoms with Gasteiger partial charge in [-0.15, -0.1) is 11.3 Å². The van der Waals surface area contributed by atoms with Crippen molar-refractivity contribution in [3.05, 3.63) is 53.8 Å². The minimum Gasteiger partial charge on any atom is -0.377 e. The van der Waals surface area contributed by atoms with Gasteiger partial charge < -0.3 is 5.32 Å². The van der Waals surface area contributed by atoms with Crippen molar-refractivity contribution in [3.8, 4) is 10.6 Å². The molecule has 1 unspecified atom stereocenters. The number of aromatic nitrogens is 3. The van der Waals surface area contributed by atoms with E-state index in [0.29, 0.717) is 0 Å². The number of nitrogens with one attached hydrogen (secondary N) is 1. The second-order valence-corrected chi connectivity index (χ2v) is 5.56. The lowest BCUT2D eigenvalue weighted by atomic mass is 10.1. The summed E-state index contributed by atoms with van der Waals surface area (Å²) in [5, 5.41) is 10.7. The molecule has 102 valence electrons. The molecule has 1 aromatic carbocycles. The Morgan fingerprint density at radius 3 is 2.85 bits per heavy atom. The van der Waals surface area contributed by atoms with E-state index >= 15 is 0 Å². The minimum atomic E-state index is 0.203. The average molecular weight is 284 g/mol. The highest BCUT2D eigenvalue weighted by molar-refractivity contribution is 7.13. The predicted octanol–water partition coefficient (Wildman–Crippen LogP) is 3.72. The van der Waals surface area contributed by atoms with Crippen LogP contribution in [0.25, 0.3) is 10.6 Å². The Bertz CT molecular complexity index is 687. The molecule has 0 saturated carbocycles. The Morgan fingerprint density at radius 1 is 1.25 bits per heavy atom. The number of rotatable bonds is 4. The van der Waals surface area contributed by atoms with Gasteiger partial charge in [0.15, 0.2) is 0 Å². The molecule has 1 N–H and O–H groups in total. The summed E-state index contributed by atoms with van der Waals surface area (Å²) in [4.78, 5) is 4.35. The lowest BCUT2D eigenvalue weighted by molar-refractivity contribution is 0.676. The topological polar surface area (TPSA) is 42.7 Å². The van der Waals surface area contributed by atoms with Gasteiger partial charge in [0, 0.05) is 36.1 Å². The van der Waals surface area contributed by atoms with Crippen molar-refractivity contribution in [1.29, 1.82) is 0 Å². The molecular weight excluding hydrogens is 268 g/mol. The summed E-state index contributed by atoms with van der Waals surface area (Å²) in [7, 11) is 1.96. The Kier molecular flexibility index (Phi) is 3.52. The molecule has 5 heteroatoms. The first-order valence-corrected chi connectivity index (χ1v) is 7.36. The van der Waals surface area contributed by atoms with Crippen LogP contribution >= 0.6 is 11.3 Å². The molecule has 0 spiro atoms. The normalized spacial score (nSPS) is 12.3. The lowest BCUT2D eigenvalue weighted by Crippen LogP contribution is -2.11. The Morgan fingerprint density at radius 2 is 2.15 bits per heavy atom. The summed E-state index contributed by atoms with van der Waals surface area (Å²) in [5.41, 5.74) is 3.39. The maximum absolute atomic E-state index is 4.35. The monoisotopic (exact) mass is 284 g/mol. The molecule has 0 bridgehead atoms. The maximum atomic E-state index is 4.35. The quantitative estimate of drug-likeness (QED) is 0.794. The van der Waals surface area contributed by atoms with E-state index in [1.807, 2.05) is 35.6 Å². The summed E-state index contributed by atoms with van der Waals surface area (Å²) in [6.45, 7) is 2.13. The maximum Gasteiger partial charge on any atom is 0.123 e. The summed E-state index contributed by atoms with van der Waals surface area (Å²) in [6, 6.07) is 10.6. The van der Waals surface area contributed by atoms with Crippen LogP contribution in [0.3, 0.4) is 0 Å². The molecule has 0 radical (unpaired) electrons. The lowest BCUT2D eigenvalue weighted by Gasteiger charge is -2.16. The number of hydrogen-bond acceptors (Lipinski definition) is 4. The van der Waals surface area contributed by atoms with Crippen LogP contribution in [0.4, 0.5) is 5.69 Å². The standard InChI is InChI=1S/C15H16N4S/c1-11(14-6-7-17-19(14)2)18-13-5-3-4-12(10-13)15-16-8-9-20-15/h3-11,18H,1-2H3. The Hall–Kier alpha value is -2.14.